The number of halogens is 1. The summed E-state index contributed by atoms with van der Waals surface area (Å²) in [7, 11) is -0.732. The topological polar surface area (TPSA) is 41.5 Å². The number of nitrogens with one attached hydrogen (secondary N) is 1. The van der Waals surface area contributed by atoms with E-state index in [1.807, 2.05) is 18.2 Å². The van der Waals surface area contributed by atoms with Crippen LogP contribution in [0.5, 0.6) is 0 Å². The Morgan fingerprint density at radius 2 is 2.46 bits per heavy atom. The van der Waals surface area contributed by atoms with Gasteiger partial charge in [-0.05, 0) is 16.6 Å². The summed E-state index contributed by atoms with van der Waals surface area (Å²) < 4.78 is 8.13. The van der Waals surface area contributed by atoms with E-state index < -0.39 is 7.12 Å². The smallest absolute Gasteiger partial charge is 0.423 e. The third-order valence-corrected chi connectivity index (χ3v) is 2.53. The highest BCUT2D eigenvalue weighted by molar-refractivity contribution is 14.1. The van der Waals surface area contributed by atoms with E-state index in [-0.39, 0.29) is 0 Å². The zero-order valence-corrected chi connectivity index (χ0v) is 9.11. The van der Waals surface area contributed by atoms with Crippen LogP contribution in [0.3, 0.4) is 0 Å². The molecule has 0 aliphatic carbocycles. The molecule has 2 N–H and O–H groups in total. The second kappa shape index (κ2) is 3.95. The Morgan fingerprint density at radius 3 is 3.23 bits per heavy atom. The molecule has 0 unspecified atom stereocenters. The third kappa shape index (κ3) is 1.88. The SMILES string of the molecule is OB1OCc2ccc(CNI)cc21. The van der Waals surface area contributed by atoms with Crippen LogP contribution >= 0.6 is 22.9 Å². The summed E-state index contributed by atoms with van der Waals surface area (Å²) >= 11 is 2.10. The first-order valence-electron chi connectivity index (χ1n) is 4.06. The fourth-order valence-electron chi connectivity index (χ4n) is 1.45. The fraction of sp³-hybridized carbons (Fsp3) is 0.250. The van der Waals surface area contributed by atoms with Crippen molar-refractivity contribution in [3.63, 3.8) is 0 Å². The second-order valence-corrected chi connectivity index (χ2v) is 3.77. The van der Waals surface area contributed by atoms with Gasteiger partial charge >= 0.3 is 7.12 Å². The molecule has 0 amide bonds. The number of hydrogen-bond acceptors (Lipinski definition) is 3. The van der Waals surface area contributed by atoms with Crippen molar-refractivity contribution in [2.24, 2.45) is 0 Å². The molecule has 0 fully saturated rings. The van der Waals surface area contributed by atoms with E-state index in [1.54, 1.807) is 0 Å². The molecule has 1 aliphatic heterocycles. The molecule has 0 spiro atoms. The molecule has 3 nitrogen and oxygen atoms in total. The Kier molecular flexibility index (Phi) is 2.87. The van der Waals surface area contributed by atoms with Crippen LogP contribution in [0.4, 0.5) is 0 Å². The molecule has 1 aliphatic rings. The van der Waals surface area contributed by atoms with E-state index in [9.17, 15) is 5.02 Å². The molecular weight excluding hydrogens is 280 g/mol. The Balaban J connectivity index is 2.31. The van der Waals surface area contributed by atoms with Crippen LogP contribution in [0, 0.1) is 0 Å². The summed E-state index contributed by atoms with van der Waals surface area (Å²) in [5, 5.41) is 9.43. The normalized spacial score (nSPS) is 14.8. The maximum atomic E-state index is 9.43. The van der Waals surface area contributed by atoms with Gasteiger partial charge in [0.15, 0.2) is 0 Å². The summed E-state index contributed by atoms with van der Waals surface area (Å²) in [4.78, 5) is 0. The van der Waals surface area contributed by atoms with Crippen LogP contribution < -0.4 is 8.99 Å². The minimum atomic E-state index is -0.732. The van der Waals surface area contributed by atoms with Crippen LogP contribution in [0.2, 0.25) is 0 Å². The summed E-state index contributed by atoms with van der Waals surface area (Å²) in [6, 6.07) is 6.04. The van der Waals surface area contributed by atoms with E-state index in [0.717, 1.165) is 23.1 Å². The van der Waals surface area contributed by atoms with Crippen molar-refractivity contribution >= 4 is 35.4 Å². The van der Waals surface area contributed by atoms with Gasteiger partial charge in [-0.15, -0.1) is 0 Å². The molecule has 0 radical (unpaired) electrons. The summed E-state index contributed by atoms with van der Waals surface area (Å²) in [5.74, 6) is 0. The van der Waals surface area contributed by atoms with E-state index in [1.165, 1.54) is 0 Å². The molecule has 0 aromatic heterocycles. The Bertz CT molecular complexity index is 321. The number of hydrogen-bond donors (Lipinski definition) is 2. The van der Waals surface area contributed by atoms with Gasteiger partial charge in [0.1, 0.15) is 0 Å². The Hall–Kier alpha value is -0.105. The first-order chi connectivity index (χ1) is 6.31. The van der Waals surface area contributed by atoms with Gasteiger partial charge in [0.2, 0.25) is 0 Å². The van der Waals surface area contributed by atoms with Gasteiger partial charge in [-0.25, -0.2) is 0 Å². The van der Waals surface area contributed by atoms with Crippen LogP contribution in [-0.4, -0.2) is 12.1 Å². The molecule has 0 saturated carbocycles. The van der Waals surface area contributed by atoms with Gasteiger partial charge in [0, 0.05) is 29.4 Å². The first-order valence-corrected chi connectivity index (χ1v) is 5.14. The van der Waals surface area contributed by atoms with Gasteiger partial charge < -0.3 is 9.68 Å². The highest BCUT2D eigenvalue weighted by atomic mass is 127. The molecule has 1 aromatic rings. The molecule has 5 heteroatoms. The van der Waals surface area contributed by atoms with Gasteiger partial charge in [0.05, 0.1) is 6.61 Å². The van der Waals surface area contributed by atoms with Gasteiger partial charge in [-0.2, -0.15) is 0 Å². The lowest BCUT2D eigenvalue weighted by Gasteiger charge is -2.02. The van der Waals surface area contributed by atoms with Crippen LogP contribution in [-0.2, 0) is 17.8 Å². The van der Waals surface area contributed by atoms with Crippen molar-refractivity contribution in [1.29, 1.82) is 0 Å². The Morgan fingerprint density at radius 1 is 1.62 bits per heavy atom. The van der Waals surface area contributed by atoms with E-state index >= 15 is 0 Å². The van der Waals surface area contributed by atoms with Crippen molar-refractivity contribution in [3.05, 3.63) is 29.3 Å². The maximum absolute atomic E-state index is 9.43. The van der Waals surface area contributed by atoms with E-state index in [4.69, 9.17) is 4.65 Å². The lowest BCUT2D eigenvalue weighted by Crippen LogP contribution is -2.28. The number of benzene rings is 1. The molecule has 68 valence electrons. The molecule has 1 heterocycles. The molecule has 1 aromatic carbocycles. The predicted molar refractivity (Wildman–Crippen MR) is 59.7 cm³/mol. The quantitative estimate of drug-likeness (QED) is 0.469. The van der Waals surface area contributed by atoms with Crippen LogP contribution in [0.15, 0.2) is 18.2 Å². The van der Waals surface area contributed by atoms with Gasteiger partial charge in [-0.3, -0.25) is 3.53 Å². The predicted octanol–water partition coefficient (Wildman–Crippen LogP) is 0.344. The fourth-order valence-corrected chi connectivity index (χ4v) is 1.89. The average Bonchev–Trinajstić information content (AvgIpc) is 2.49. The minimum Gasteiger partial charge on any atom is -0.423 e. The van der Waals surface area contributed by atoms with Crippen LogP contribution in [0.1, 0.15) is 11.1 Å². The first kappa shape index (κ1) is 9.45. The highest BCUT2D eigenvalue weighted by Gasteiger charge is 2.26. The Labute approximate surface area is 91.1 Å². The monoisotopic (exact) mass is 289 g/mol. The molecule has 0 bridgehead atoms. The standard InChI is InChI=1S/C8H9BINO2/c10-11-4-6-1-2-7-5-13-9(12)8(7)3-6/h1-3,11-12H,4-5H2. The van der Waals surface area contributed by atoms with Crippen molar-refractivity contribution in [3.8, 4) is 0 Å². The van der Waals surface area contributed by atoms with Crippen molar-refractivity contribution in [2.75, 3.05) is 0 Å². The van der Waals surface area contributed by atoms with Gasteiger partial charge in [-0.1, -0.05) is 18.2 Å². The minimum absolute atomic E-state index is 0.522. The molecule has 2 rings (SSSR count). The molecule has 0 saturated heterocycles. The van der Waals surface area contributed by atoms with Crippen molar-refractivity contribution in [2.45, 2.75) is 13.2 Å². The average molecular weight is 289 g/mol. The third-order valence-electron chi connectivity index (χ3n) is 2.14. The number of rotatable bonds is 2. The second-order valence-electron chi connectivity index (χ2n) is 3.01. The summed E-state index contributed by atoms with van der Waals surface area (Å²) in [6.07, 6.45) is 0. The van der Waals surface area contributed by atoms with E-state index in [2.05, 4.69) is 26.4 Å². The molecular formula is C8H9BINO2. The zero-order chi connectivity index (χ0) is 9.26. The largest absolute Gasteiger partial charge is 0.491 e. The van der Waals surface area contributed by atoms with Gasteiger partial charge in [0.25, 0.3) is 0 Å². The maximum Gasteiger partial charge on any atom is 0.491 e. The van der Waals surface area contributed by atoms with E-state index in [0.29, 0.717) is 6.61 Å². The highest BCUT2D eigenvalue weighted by Crippen LogP contribution is 2.11. The molecule has 13 heavy (non-hydrogen) atoms. The van der Waals surface area contributed by atoms with Crippen LogP contribution in [0.25, 0.3) is 0 Å². The van der Waals surface area contributed by atoms with Crippen molar-refractivity contribution < 1.29 is 9.68 Å². The number of fused-ring (bicyclic) bond motifs is 1. The zero-order valence-electron chi connectivity index (χ0n) is 6.96. The summed E-state index contributed by atoms with van der Waals surface area (Å²) in [5.41, 5.74) is 3.16. The summed E-state index contributed by atoms with van der Waals surface area (Å²) in [6.45, 7) is 1.33. The van der Waals surface area contributed by atoms with Crippen molar-refractivity contribution in [1.82, 2.24) is 3.53 Å². The lowest BCUT2D eigenvalue weighted by molar-refractivity contribution is 0.275. The lowest BCUT2D eigenvalue weighted by atomic mass is 9.79. The molecule has 0 atom stereocenters.